The van der Waals surface area contributed by atoms with E-state index >= 15 is 0 Å². The second-order valence-corrected chi connectivity index (χ2v) is 1.77. The number of rotatable bonds is 2. The van der Waals surface area contributed by atoms with Gasteiger partial charge in [-0.15, -0.1) is 0 Å². The molecule has 1 aromatic heterocycles. The first-order valence-corrected chi connectivity index (χ1v) is 2.78. The summed E-state index contributed by atoms with van der Waals surface area (Å²) in [6.45, 7) is 0. The lowest BCUT2D eigenvalue weighted by molar-refractivity contribution is -0.104. The average molecular weight is 137 g/mol. The Labute approximate surface area is 58.1 Å². The second kappa shape index (κ2) is 2.87. The van der Waals surface area contributed by atoms with Crippen LogP contribution in [0, 0.1) is 0 Å². The SMILES string of the molecule is N/C(=C\C=O)c1ccoc1. The van der Waals surface area contributed by atoms with E-state index in [2.05, 4.69) is 0 Å². The van der Waals surface area contributed by atoms with Crippen LogP contribution in [0.1, 0.15) is 5.56 Å². The van der Waals surface area contributed by atoms with Crippen LogP contribution < -0.4 is 5.73 Å². The predicted octanol–water partition coefficient (Wildman–Crippen LogP) is 0.778. The number of carbonyl (C=O) groups excluding carboxylic acids is 1. The van der Waals surface area contributed by atoms with Crippen molar-refractivity contribution in [3.63, 3.8) is 0 Å². The number of allylic oxidation sites excluding steroid dienone is 1. The van der Waals surface area contributed by atoms with Crippen molar-refractivity contribution in [2.45, 2.75) is 0 Å². The topological polar surface area (TPSA) is 56.2 Å². The smallest absolute Gasteiger partial charge is 0.144 e. The Balaban J connectivity index is 2.86. The fourth-order valence-corrected chi connectivity index (χ4v) is 0.598. The fraction of sp³-hybridized carbons (Fsp3) is 0. The lowest BCUT2D eigenvalue weighted by Crippen LogP contribution is -1.93. The molecule has 3 heteroatoms. The minimum Gasteiger partial charge on any atom is -0.472 e. The maximum atomic E-state index is 9.92. The van der Waals surface area contributed by atoms with Crippen LogP contribution in [0.2, 0.25) is 0 Å². The quantitative estimate of drug-likeness (QED) is 0.484. The zero-order chi connectivity index (χ0) is 7.40. The molecule has 0 saturated heterocycles. The van der Waals surface area contributed by atoms with Crippen molar-refractivity contribution in [3.05, 3.63) is 30.2 Å². The van der Waals surface area contributed by atoms with Crippen molar-refractivity contribution in [1.82, 2.24) is 0 Å². The monoisotopic (exact) mass is 137 g/mol. The van der Waals surface area contributed by atoms with Crippen molar-refractivity contribution in [1.29, 1.82) is 0 Å². The van der Waals surface area contributed by atoms with Gasteiger partial charge in [0.05, 0.1) is 12.5 Å². The van der Waals surface area contributed by atoms with Crippen molar-refractivity contribution < 1.29 is 9.21 Å². The number of furan rings is 1. The molecule has 52 valence electrons. The number of nitrogens with two attached hydrogens (primary N) is 1. The highest BCUT2D eigenvalue weighted by Gasteiger charge is 1.94. The molecule has 0 aliphatic rings. The van der Waals surface area contributed by atoms with E-state index < -0.39 is 0 Å². The largest absolute Gasteiger partial charge is 0.472 e. The third-order valence-corrected chi connectivity index (χ3v) is 1.10. The molecule has 0 spiro atoms. The fourth-order valence-electron chi connectivity index (χ4n) is 0.598. The predicted molar refractivity (Wildman–Crippen MR) is 36.9 cm³/mol. The van der Waals surface area contributed by atoms with Crippen molar-refractivity contribution in [2.24, 2.45) is 5.73 Å². The zero-order valence-electron chi connectivity index (χ0n) is 5.28. The molecule has 1 aromatic rings. The summed E-state index contributed by atoms with van der Waals surface area (Å²) < 4.78 is 4.75. The summed E-state index contributed by atoms with van der Waals surface area (Å²) in [6, 6.07) is 1.69. The van der Waals surface area contributed by atoms with Gasteiger partial charge in [-0.2, -0.15) is 0 Å². The van der Waals surface area contributed by atoms with Crippen LogP contribution in [-0.2, 0) is 4.79 Å². The Morgan fingerprint density at radius 1 is 1.70 bits per heavy atom. The highest BCUT2D eigenvalue weighted by molar-refractivity contribution is 5.79. The van der Waals surface area contributed by atoms with Gasteiger partial charge in [-0.3, -0.25) is 4.79 Å². The van der Waals surface area contributed by atoms with Gasteiger partial charge in [0.15, 0.2) is 0 Å². The third kappa shape index (κ3) is 1.25. The summed E-state index contributed by atoms with van der Waals surface area (Å²) in [6.07, 6.45) is 4.91. The summed E-state index contributed by atoms with van der Waals surface area (Å²) in [4.78, 5) is 9.92. The molecule has 0 bridgehead atoms. The first-order valence-electron chi connectivity index (χ1n) is 2.78. The van der Waals surface area contributed by atoms with Gasteiger partial charge >= 0.3 is 0 Å². The minimum atomic E-state index is 0.420. The zero-order valence-corrected chi connectivity index (χ0v) is 5.28. The van der Waals surface area contributed by atoms with E-state index in [0.29, 0.717) is 12.0 Å². The molecule has 0 aliphatic heterocycles. The highest BCUT2D eigenvalue weighted by Crippen LogP contribution is 2.07. The molecule has 1 heterocycles. The van der Waals surface area contributed by atoms with Crippen LogP contribution in [0.4, 0.5) is 0 Å². The highest BCUT2D eigenvalue weighted by atomic mass is 16.3. The molecule has 10 heavy (non-hydrogen) atoms. The molecular formula is C7H7NO2. The molecule has 0 amide bonds. The van der Waals surface area contributed by atoms with E-state index in [1.165, 1.54) is 18.6 Å². The van der Waals surface area contributed by atoms with Gasteiger partial charge in [-0.1, -0.05) is 0 Å². The van der Waals surface area contributed by atoms with Gasteiger partial charge in [0, 0.05) is 17.3 Å². The van der Waals surface area contributed by atoms with Crippen molar-refractivity contribution in [3.8, 4) is 0 Å². The molecule has 0 aromatic carbocycles. The van der Waals surface area contributed by atoms with E-state index in [-0.39, 0.29) is 0 Å². The molecule has 2 N–H and O–H groups in total. The first-order chi connectivity index (χ1) is 4.84. The standard InChI is InChI=1S/C7H7NO2/c8-7(1-3-9)6-2-4-10-5-6/h1-5H,8H2/b7-1-. The van der Waals surface area contributed by atoms with E-state index in [4.69, 9.17) is 10.2 Å². The Kier molecular flexibility index (Phi) is 1.89. The normalized spacial score (nSPS) is 11.4. The van der Waals surface area contributed by atoms with E-state index in [1.807, 2.05) is 0 Å². The van der Waals surface area contributed by atoms with Crippen LogP contribution in [0.5, 0.6) is 0 Å². The molecule has 3 nitrogen and oxygen atoms in total. The van der Waals surface area contributed by atoms with Gasteiger partial charge in [0.25, 0.3) is 0 Å². The molecule has 0 unspecified atom stereocenters. The Hall–Kier alpha value is -1.51. The van der Waals surface area contributed by atoms with Gasteiger partial charge < -0.3 is 10.2 Å². The van der Waals surface area contributed by atoms with Gasteiger partial charge in [0.1, 0.15) is 6.29 Å². The Bertz CT molecular complexity index is 236. The van der Waals surface area contributed by atoms with Gasteiger partial charge in [-0.25, -0.2) is 0 Å². The molecule has 0 fully saturated rings. The number of carbonyl (C=O) groups is 1. The van der Waals surface area contributed by atoms with Crippen molar-refractivity contribution in [2.75, 3.05) is 0 Å². The van der Waals surface area contributed by atoms with Gasteiger partial charge in [-0.05, 0) is 6.07 Å². The third-order valence-electron chi connectivity index (χ3n) is 1.10. The summed E-state index contributed by atoms with van der Waals surface area (Å²) in [7, 11) is 0. The molecule has 1 rings (SSSR count). The van der Waals surface area contributed by atoms with Crippen LogP contribution in [-0.4, -0.2) is 6.29 Å². The second-order valence-electron chi connectivity index (χ2n) is 1.77. The summed E-state index contributed by atoms with van der Waals surface area (Å²) in [5.41, 5.74) is 6.57. The summed E-state index contributed by atoms with van der Waals surface area (Å²) in [5.74, 6) is 0. The van der Waals surface area contributed by atoms with Gasteiger partial charge in [0.2, 0.25) is 0 Å². The Morgan fingerprint density at radius 2 is 2.50 bits per heavy atom. The van der Waals surface area contributed by atoms with E-state index in [0.717, 1.165) is 5.56 Å². The molecule has 0 saturated carbocycles. The maximum Gasteiger partial charge on any atom is 0.144 e. The van der Waals surface area contributed by atoms with Crippen LogP contribution in [0.3, 0.4) is 0 Å². The van der Waals surface area contributed by atoms with Crippen LogP contribution in [0.25, 0.3) is 5.70 Å². The molecule has 0 radical (unpaired) electrons. The first kappa shape index (κ1) is 6.61. The van der Waals surface area contributed by atoms with E-state index in [9.17, 15) is 4.79 Å². The molecule has 0 aliphatic carbocycles. The van der Waals surface area contributed by atoms with E-state index in [1.54, 1.807) is 6.07 Å². The Morgan fingerprint density at radius 3 is 3.00 bits per heavy atom. The van der Waals surface area contributed by atoms with Crippen LogP contribution >= 0.6 is 0 Å². The number of hydrogen-bond donors (Lipinski definition) is 1. The average Bonchev–Trinajstić information content (AvgIpc) is 2.38. The summed E-state index contributed by atoms with van der Waals surface area (Å²) in [5, 5.41) is 0. The maximum absolute atomic E-state index is 9.92. The number of hydrogen-bond acceptors (Lipinski definition) is 3. The lowest BCUT2D eigenvalue weighted by atomic mass is 10.2. The molecular weight excluding hydrogens is 130 g/mol. The molecule has 0 atom stereocenters. The van der Waals surface area contributed by atoms with Crippen molar-refractivity contribution >= 4 is 12.0 Å². The minimum absolute atomic E-state index is 0.420. The summed E-state index contributed by atoms with van der Waals surface area (Å²) >= 11 is 0. The van der Waals surface area contributed by atoms with Crippen LogP contribution in [0.15, 0.2) is 29.1 Å². The lowest BCUT2D eigenvalue weighted by Gasteiger charge is -1.89. The number of aldehydes is 1.